The lowest BCUT2D eigenvalue weighted by molar-refractivity contribution is 0.619. The van der Waals surface area contributed by atoms with Crippen LogP contribution in [0, 0.1) is 19.7 Å². The SMILES string of the molecule is C/C=C\n1c(=NC)c(C)nc2cc(C)c(F)cc21.CC.CC. The lowest BCUT2D eigenvalue weighted by Crippen LogP contribution is -2.22. The number of benzene rings is 1. The van der Waals surface area contributed by atoms with Crippen molar-refractivity contribution in [2.45, 2.75) is 48.5 Å². The molecule has 0 aliphatic rings. The minimum absolute atomic E-state index is 0.228. The molecular formula is C18H28FN3. The summed E-state index contributed by atoms with van der Waals surface area (Å²) in [5.41, 5.74) is 3.67. The van der Waals surface area contributed by atoms with Crippen molar-refractivity contribution in [3.05, 3.63) is 40.8 Å². The predicted molar refractivity (Wildman–Crippen MR) is 94.4 cm³/mol. The van der Waals surface area contributed by atoms with Crippen molar-refractivity contribution in [3.8, 4) is 0 Å². The summed E-state index contributed by atoms with van der Waals surface area (Å²) >= 11 is 0. The third-order valence-electron chi connectivity index (χ3n) is 2.87. The maximum atomic E-state index is 13.7. The van der Waals surface area contributed by atoms with E-state index in [9.17, 15) is 4.39 Å². The third-order valence-corrected chi connectivity index (χ3v) is 2.87. The van der Waals surface area contributed by atoms with E-state index in [1.165, 1.54) is 6.07 Å². The molecule has 1 aromatic carbocycles. The summed E-state index contributed by atoms with van der Waals surface area (Å²) in [5.74, 6) is -0.228. The summed E-state index contributed by atoms with van der Waals surface area (Å²) in [6, 6.07) is 3.27. The summed E-state index contributed by atoms with van der Waals surface area (Å²) in [4.78, 5) is 8.69. The zero-order valence-electron chi connectivity index (χ0n) is 15.0. The molecule has 1 heterocycles. The van der Waals surface area contributed by atoms with E-state index in [2.05, 4.69) is 9.98 Å². The molecule has 0 bridgehead atoms. The molecule has 0 unspecified atom stereocenters. The number of hydrogen-bond acceptors (Lipinski definition) is 2. The first kappa shape index (κ1) is 20.0. The topological polar surface area (TPSA) is 30.2 Å². The van der Waals surface area contributed by atoms with Crippen molar-refractivity contribution in [1.29, 1.82) is 0 Å². The van der Waals surface area contributed by atoms with Crippen LogP contribution in [0.4, 0.5) is 4.39 Å². The third kappa shape index (κ3) is 4.26. The van der Waals surface area contributed by atoms with Crippen molar-refractivity contribution in [3.63, 3.8) is 0 Å². The van der Waals surface area contributed by atoms with Gasteiger partial charge in [0.05, 0.1) is 16.7 Å². The molecule has 0 spiro atoms. The van der Waals surface area contributed by atoms with Crippen LogP contribution in [0.3, 0.4) is 0 Å². The van der Waals surface area contributed by atoms with Gasteiger partial charge in [-0.05, 0) is 32.4 Å². The van der Waals surface area contributed by atoms with Gasteiger partial charge in [0.1, 0.15) is 5.82 Å². The Labute approximate surface area is 133 Å². The summed E-state index contributed by atoms with van der Waals surface area (Å²) < 4.78 is 15.6. The first-order valence-electron chi connectivity index (χ1n) is 7.83. The van der Waals surface area contributed by atoms with Gasteiger partial charge in [0.15, 0.2) is 5.49 Å². The number of aryl methyl sites for hydroxylation is 2. The van der Waals surface area contributed by atoms with E-state index in [1.54, 1.807) is 20.0 Å². The maximum absolute atomic E-state index is 13.7. The van der Waals surface area contributed by atoms with E-state index in [0.717, 1.165) is 22.2 Å². The van der Waals surface area contributed by atoms with Gasteiger partial charge in [-0.1, -0.05) is 33.8 Å². The Kier molecular flexibility index (Phi) is 8.99. The quantitative estimate of drug-likeness (QED) is 0.739. The number of rotatable bonds is 1. The highest BCUT2D eigenvalue weighted by atomic mass is 19.1. The lowest BCUT2D eigenvalue weighted by atomic mass is 10.2. The van der Waals surface area contributed by atoms with Gasteiger partial charge in [0, 0.05) is 19.3 Å². The summed E-state index contributed by atoms with van der Waals surface area (Å²) in [6.07, 6.45) is 3.76. The fourth-order valence-corrected chi connectivity index (χ4v) is 2.03. The molecule has 0 amide bonds. The van der Waals surface area contributed by atoms with Crippen LogP contribution in [0.5, 0.6) is 0 Å². The molecule has 0 radical (unpaired) electrons. The number of hydrogen-bond donors (Lipinski definition) is 0. The van der Waals surface area contributed by atoms with Crippen LogP contribution in [0.15, 0.2) is 23.2 Å². The second kappa shape index (κ2) is 9.87. The summed E-state index contributed by atoms with van der Waals surface area (Å²) in [7, 11) is 1.71. The van der Waals surface area contributed by atoms with Gasteiger partial charge in [-0.3, -0.25) is 9.56 Å². The second-order valence-electron chi connectivity index (χ2n) is 4.19. The fourth-order valence-electron chi connectivity index (χ4n) is 2.03. The van der Waals surface area contributed by atoms with Gasteiger partial charge in [-0.2, -0.15) is 0 Å². The first-order valence-corrected chi connectivity index (χ1v) is 7.83. The Morgan fingerprint density at radius 3 is 2.23 bits per heavy atom. The van der Waals surface area contributed by atoms with Crippen molar-refractivity contribution in [2.75, 3.05) is 7.05 Å². The van der Waals surface area contributed by atoms with Crippen molar-refractivity contribution in [2.24, 2.45) is 4.99 Å². The Hall–Kier alpha value is -1.97. The van der Waals surface area contributed by atoms with Gasteiger partial charge in [-0.15, -0.1) is 0 Å². The zero-order chi connectivity index (χ0) is 17.3. The van der Waals surface area contributed by atoms with Gasteiger partial charge < -0.3 is 0 Å². The van der Waals surface area contributed by atoms with E-state index in [-0.39, 0.29) is 5.82 Å². The Balaban J connectivity index is 0.00000102. The molecule has 0 saturated carbocycles. The van der Waals surface area contributed by atoms with Crippen molar-refractivity contribution >= 4 is 17.2 Å². The van der Waals surface area contributed by atoms with Crippen LogP contribution in [0.25, 0.3) is 17.2 Å². The van der Waals surface area contributed by atoms with Crippen molar-refractivity contribution < 1.29 is 4.39 Å². The highest BCUT2D eigenvalue weighted by Gasteiger charge is 2.07. The normalized spacial score (nSPS) is 11.0. The number of nitrogens with zero attached hydrogens (tertiary/aromatic N) is 3. The molecule has 4 heteroatoms. The van der Waals surface area contributed by atoms with Crippen molar-refractivity contribution in [1.82, 2.24) is 9.55 Å². The zero-order valence-corrected chi connectivity index (χ0v) is 15.0. The number of allylic oxidation sites excluding steroid dienone is 1. The number of halogens is 1. The molecule has 0 saturated heterocycles. The molecule has 122 valence electrons. The van der Waals surface area contributed by atoms with E-state index in [4.69, 9.17) is 0 Å². The lowest BCUT2D eigenvalue weighted by Gasteiger charge is -2.10. The molecule has 0 aliphatic heterocycles. The smallest absolute Gasteiger partial charge is 0.153 e. The minimum Gasteiger partial charge on any atom is -0.299 e. The summed E-state index contributed by atoms with van der Waals surface area (Å²) in [6.45, 7) is 13.6. The average Bonchev–Trinajstić information content (AvgIpc) is 2.54. The Morgan fingerprint density at radius 1 is 1.14 bits per heavy atom. The molecule has 3 nitrogen and oxygen atoms in total. The number of fused-ring (bicyclic) bond motifs is 1. The van der Waals surface area contributed by atoms with Gasteiger partial charge in [0.25, 0.3) is 0 Å². The van der Waals surface area contributed by atoms with Gasteiger partial charge >= 0.3 is 0 Å². The van der Waals surface area contributed by atoms with Crippen LogP contribution in [0.1, 0.15) is 45.9 Å². The summed E-state index contributed by atoms with van der Waals surface area (Å²) in [5, 5.41) is 0. The van der Waals surface area contributed by atoms with E-state index in [1.807, 2.05) is 58.4 Å². The molecule has 2 aromatic rings. The first-order chi connectivity index (χ1) is 10.6. The molecule has 0 atom stereocenters. The van der Waals surface area contributed by atoms with Crippen LogP contribution in [-0.4, -0.2) is 16.6 Å². The van der Waals surface area contributed by atoms with Gasteiger partial charge in [0.2, 0.25) is 0 Å². The Bertz CT molecular complexity index is 698. The largest absolute Gasteiger partial charge is 0.299 e. The highest BCUT2D eigenvalue weighted by Crippen LogP contribution is 2.16. The Morgan fingerprint density at radius 2 is 1.73 bits per heavy atom. The van der Waals surface area contributed by atoms with E-state index >= 15 is 0 Å². The standard InChI is InChI=1S/C14H16FN3.2C2H6/c1-5-6-18-13-8-11(15)9(2)7-12(13)17-10(3)14(18)16-4;2*1-2/h5-8H,1-4H3;2*1-2H3/b6-5-,16-14?;;. The molecule has 0 N–H and O–H groups in total. The van der Waals surface area contributed by atoms with Crippen LogP contribution in [0.2, 0.25) is 0 Å². The van der Waals surface area contributed by atoms with E-state index < -0.39 is 0 Å². The molecule has 22 heavy (non-hydrogen) atoms. The number of aromatic nitrogens is 2. The minimum atomic E-state index is -0.228. The molecule has 2 rings (SSSR count). The highest BCUT2D eigenvalue weighted by molar-refractivity contribution is 5.77. The van der Waals surface area contributed by atoms with E-state index in [0.29, 0.717) is 5.56 Å². The second-order valence-corrected chi connectivity index (χ2v) is 4.19. The predicted octanol–water partition coefficient (Wildman–Crippen LogP) is 4.87. The molecular weight excluding hydrogens is 277 g/mol. The van der Waals surface area contributed by atoms with Crippen LogP contribution < -0.4 is 5.49 Å². The van der Waals surface area contributed by atoms with Crippen LogP contribution >= 0.6 is 0 Å². The maximum Gasteiger partial charge on any atom is 0.153 e. The molecule has 0 fully saturated rings. The van der Waals surface area contributed by atoms with Gasteiger partial charge in [-0.25, -0.2) is 9.37 Å². The average molecular weight is 305 g/mol. The molecule has 1 aromatic heterocycles. The van der Waals surface area contributed by atoms with Crippen LogP contribution in [-0.2, 0) is 0 Å². The molecule has 0 aliphatic carbocycles. The monoisotopic (exact) mass is 305 g/mol. The fraction of sp³-hybridized carbons (Fsp3) is 0.444.